The average molecular weight is 421 g/mol. The molecule has 1 aromatic heterocycles. The number of nitrogens with two attached hydrogens (primary N) is 1. The average Bonchev–Trinajstić information content (AvgIpc) is 2.56. The highest BCUT2D eigenvalue weighted by atomic mass is 79.9. The van der Waals surface area contributed by atoms with Gasteiger partial charge < -0.3 is 0 Å². The molecule has 0 aliphatic carbocycles. The molecule has 4 nitrogen and oxygen atoms in total. The number of aryl methyl sites for hydroxylation is 1. The van der Waals surface area contributed by atoms with E-state index in [0.717, 1.165) is 27.2 Å². The van der Waals surface area contributed by atoms with Gasteiger partial charge >= 0.3 is 0 Å². The molecule has 2 N–H and O–H groups in total. The molecule has 0 unspecified atom stereocenters. The molecule has 1 heterocycles. The van der Waals surface area contributed by atoms with E-state index in [4.69, 9.17) is 5.14 Å². The lowest BCUT2D eigenvalue weighted by atomic mass is 9.98. The second-order valence-electron chi connectivity index (χ2n) is 5.58. The van der Waals surface area contributed by atoms with Crippen molar-refractivity contribution >= 4 is 26.0 Å². The summed E-state index contributed by atoms with van der Waals surface area (Å²) >= 11 is 3.46. The minimum absolute atomic E-state index is 0.286. The van der Waals surface area contributed by atoms with Crippen LogP contribution in [0.2, 0.25) is 0 Å². The number of halogens is 2. The molecule has 0 radical (unpaired) electrons. The quantitative estimate of drug-likeness (QED) is 0.687. The summed E-state index contributed by atoms with van der Waals surface area (Å²) in [5.41, 5.74) is 3.53. The lowest BCUT2D eigenvalue weighted by Crippen LogP contribution is -2.12. The maximum Gasteiger partial charge on any atom is 0.238 e. The molecule has 0 bridgehead atoms. The van der Waals surface area contributed by atoms with Crippen LogP contribution in [0.15, 0.2) is 64.1 Å². The summed E-state index contributed by atoms with van der Waals surface area (Å²) in [5, 5.41) is 5.14. The molecule has 0 spiro atoms. The van der Waals surface area contributed by atoms with Gasteiger partial charge in [0, 0.05) is 21.8 Å². The number of hydrogen-bond donors (Lipinski definition) is 1. The number of nitrogens with zero attached hydrogens (tertiary/aromatic N) is 1. The van der Waals surface area contributed by atoms with Gasteiger partial charge in [0.1, 0.15) is 5.82 Å². The fourth-order valence-corrected chi connectivity index (χ4v) is 3.36. The summed E-state index contributed by atoms with van der Waals surface area (Å²) < 4.78 is 38.1. The largest absolute Gasteiger partial charge is 0.256 e. The number of sulfonamides is 1. The van der Waals surface area contributed by atoms with Gasteiger partial charge in [0.05, 0.1) is 10.6 Å². The number of hydrogen-bond acceptors (Lipinski definition) is 3. The Morgan fingerprint density at radius 3 is 2.52 bits per heavy atom. The van der Waals surface area contributed by atoms with Crippen molar-refractivity contribution < 1.29 is 12.8 Å². The molecule has 0 atom stereocenters. The highest BCUT2D eigenvalue weighted by Crippen LogP contribution is 2.33. The van der Waals surface area contributed by atoms with Gasteiger partial charge in [-0.3, -0.25) is 4.98 Å². The number of benzene rings is 2. The Hall–Kier alpha value is -2.09. The summed E-state index contributed by atoms with van der Waals surface area (Å²) in [6.45, 7) is 1.96. The zero-order valence-electron chi connectivity index (χ0n) is 13.2. The minimum Gasteiger partial charge on any atom is -0.256 e. The summed E-state index contributed by atoms with van der Waals surface area (Å²) in [6.07, 6.45) is 1.58. The van der Waals surface area contributed by atoms with Crippen LogP contribution < -0.4 is 5.14 Å². The Balaban J connectivity index is 2.23. The molecule has 0 saturated heterocycles. The van der Waals surface area contributed by atoms with Gasteiger partial charge in [-0.2, -0.15) is 0 Å². The van der Waals surface area contributed by atoms with E-state index < -0.39 is 15.8 Å². The molecule has 0 aliphatic heterocycles. The maximum atomic E-state index is 13.9. The van der Waals surface area contributed by atoms with Crippen molar-refractivity contribution in [3.63, 3.8) is 0 Å². The van der Waals surface area contributed by atoms with Crippen LogP contribution in [0.3, 0.4) is 0 Å². The van der Waals surface area contributed by atoms with E-state index in [9.17, 15) is 12.8 Å². The molecule has 0 fully saturated rings. The van der Waals surface area contributed by atoms with E-state index >= 15 is 0 Å². The zero-order chi connectivity index (χ0) is 18.2. The second kappa shape index (κ2) is 6.67. The van der Waals surface area contributed by atoms with E-state index in [1.54, 1.807) is 12.3 Å². The van der Waals surface area contributed by atoms with Gasteiger partial charge in [0.15, 0.2) is 0 Å². The van der Waals surface area contributed by atoms with Crippen LogP contribution in [-0.4, -0.2) is 13.4 Å². The Morgan fingerprint density at radius 2 is 1.84 bits per heavy atom. The second-order valence-corrected chi connectivity index (χ2v) is 8.00. The molecular weight excluding hydrogens is 407 g/mol. The molecule has 3 aromatic rings. The fraction of sp³-hybridized carbons (Fsp3) is 0.0556. The van der Waals surface area contributed by atoms with Crippen LogP contribution >= 0.6 is 15.9 Å². The highest BCUT2D eigenvalue weighted by molar-refractivity contribution is 9.10. The van der Waals surface area contributed by atoms with E-state index in [1.807, 2.05) is 31.2 Å². The summed E-state index contributed by atoms with van der Waals surface area (Å²) in [7, 11) is -4.02. The van der Waals surface area contributed by atoms with Crippen LogP contribution in [0, 0.1) is 12.7 Å². The first-order chi connectivity index (χ1) is 11.8. The molecule has 2 aromatic carbocycles. The van der Waals surface area contributed by atoms with Crippen molar-refractivity contribution in [3.05, 3.63) is 70.6 Å². The molecule has 0 saturated carbocycles. The van der Waals surface area contributed by atoms with Crippen molar-refractivity contribution in [2.24, 2.45) is 5.14 Å². The lowest BCUT2D eigenvalue weighted by molar-refractivity contribution is 0.592. The normalized spacial score (nSPS) is 11.5. The van der Waals surface area contributed by atoms with Crippen LogP contribution in [0.25, 0.3) is 22.4 Å². The fourth-order valence-electron chi connectivity index (χ4n) is 2.54. The number of rotatable bonds is 3. The summed E-state index contributed by atoms with van der Waals surface area (Å²) in [6, 6.07) is 12.9. The topological polar surface area (TPSA) is 73.0 Å². The predicted octanol–water partition coefficient (Wildman–Crippen LogP) is 4.27. The molecule has 25 heavy (non-hydrogen) atoms. The molecule has 0 aliphatic rings. The Labute approximate surface area is 153 Å². The Kier molecular flexibility index (Phi) is 4.73. The van der Waals surface area contributed by atoms with Crippen molar-refractivity contribution in [3.8, 4) is 22.4 Å². The van der Waals surface area contributed by atoms with Gasteiger partial charge in [0.2, 0.25) is 10.0 Å². The third-order valence-electron chi connectivity index (χ3n) is 3.75. The number of pyridine rings is 1. The van der Waals surface area contributed by atoms with Gasteiger partial charge in [-0.15, -0.1) is 0 Å². The smallest absolute Gasteiger partial charge is 0.238 e. The van der Waals surface area contributed by atoms with Gasteiger partial charge in [-0.05, 0) is 48.4 Å². The Morgan fingerprint density at radius 1 is 1.08 bits per heavy atom. The Bertz CT molecular complexity index is 1070. The van der Waals surface area contributed by atoms with E-state index in [2.05, 4.69) is 20.9 Å². The first kappa shape index (κ1) is 17.7. The van der Waals surface area contributed by atoms with E-state index in [1.165, 1.54) is 12.1 Å². The molecule has 128 valence electrons. The van der Waals surface area contributed by atoms with Crippen molar-refractivity contribution in [1.82, 2.24) is 4.98 Å². The van der Waals surface area contributed by atoms with Crippen molar-refractivity contribution in [1.29, 1.82) is 0 Å². The van der Waals surface area contributed by atoms with E-state index in [0.29, 0.717) is 11.3 Å². The third-order valence-corrected chi connectivity index (χ3v) is 5.53. The van der Waals surface area contributed by atoms with Gasteiger partial charge in [-0.1, -0.05) is 34.1 Å². The van der Waals surface area contributed by atoms with Crippen LogP contribution in [0.1, 0.15) is 5.56 Å². The highest BCUT2D eigenvalue weighted by Gasteiger charge is 2.15. The first-order valence-electron chi connectivity index (χ1n) is 7.31. The lowest BCUT2D eigenvalue weighted by Gasteiger charge is -2.11. The van der Waals surface area contributed by atoms with Crippen LogP contribution in [-0.2, 0) is 10.0 Å². The summed E-state index contributed by atoms with van der Waals surface area (Å²) in [5.74, 6) is -0.690. The van der Waals surface area contributed by atoms with Crippen LogP contribution in [0.4, 0.5) is 4.39 Å². The zero-order valence-corrected chi connectivity index (χ0v) is 15.6. The number of primary sulfonamides is 1. The molecule has 0 amide bonds. The van der Waals surface area contributed by atoms with Crippen LogP contribution in [0.5, 0.6) is 0 Å². The summed E-state index contributed by atoms with van der Waals surface area (Å²) in [4.78, 5) is 4.04. The maximum absolute atomic E-state index is 13.9. The van der Waals surface area contributed by atoms with Gasteiger partial charge in [0.25, 0.3) is 0 Å². The monoisotopic (exact) mass is 420 g/mol. The molecule has 3 rings (SSSR count). The SMILES string of the molecule is Cc1cc(-c2cccnc2-c2cc(F)cc(S(N)(=O)=O)c2)ccc1Br. The van der Waals surface area contributed by atoms with Crippen molar-refractivity contribution in [2.45, 2.75) is 11.8 Å². The van der Waals surface area contributed by atoms with Crippen molar-refractivity contribution in [2.75, 3.05) is 0 Å². The standard InChI is InChI=1S/C18H14BrFN2O2S/c1-11-7-12(4-5-17(11)19)16-3-2-6-22-18(16)13-8-14(20)10-15(9-13)25(21,23)24/h2-10H,1H3,(H2,21,23,24). The third kappa shape index (κ3) is 3.78. The first-order valence-corrected chi connectivity index (χ1v) is 9.65. The van der Waals surface area contributed by atoms with Gasteiger partial charge in [-0.25, -0.2) is 17.9 Å². The number of aromatic nitrogens is 1. The molecule has 7 heteroatoms. The van der Waals surface area contributed by atoms with E-state index in [-0.39, 0.29) is 4.90 Å². The minimum atomic E-state index is -4.02. The molecular formula is C18H14BrFN2O2S. The predicted molar refractivity (Wildman–Crippen MR) is 98.9 cm³/mol.